The number of carboxylic acid groups (broad SMARTS) is 3. The van der Waals surface area contributed by atoms with Crippen LogP contribution in [0, 0.1) is 0 Å². The molecular formula is C22H23ClN4O8. The lowest BCUT2D eigenvalue weighted by Crippen LogP contribution is -3.00. The molecule has 186 valence electrons. The Labute approximate surface area is 205 Å². The maximum atomic E-state index is 14.1. The number of nitrogens with zero attached hydrogens (tertiary/aromatic N) is 4. The highest BCUT2D eigenvalue weighted by Gasteiger charge is 2.77. The van der Waals surface area contributed by atoms with Gasteiger partial charge in [0.25, 0.3) is 0 Å². The summed E-state index contributed by atoms with van der Waals surface area (Å²) in [6.07, 6.45) is 3.23. The van der Waals surface area contributed by atoms with Gasteiger partial charge in [-0.1, -0.05) is 17.6 Å². The third-order valence-electron chi connectivity index (χ3n) is 6.23. The van der Waals surface area contributed by atoms with Crippen molar-refractivity contribution in [2.75, 3.05) is 6.54 Å². The number of ketones is 1. The minimum absolute atomic E-state index is 0. The minimum Gasteiger partial charge on any atom is -1.00 e. The summed E-state index contributed by atoms with van der Waals surface area (Å²) in [6.45, 7) is 1.48. The first-order valence-electron chi connectivity index (χ1n) is 10.5. The molecule has 4 aliphatic rings. The van der Waals surface area contributed by atoms with Crippen molar-refractivity contribution in [3.63, 3.8) is 0 Å². The second-order valence-electron chi connectivity index (χ2n) is 8.00. The van der Waals surface area contributed by atoms with Crippen molar-refractivity contribution in [1.29, 1.82) is 0 Å². The Balaban J connectivity index is 0.00000342. The number of hydrogen-bond acceptors (Lipinski definition) is 7. The zero-order valence-corrected chi connectivity index (χ0v) is 19.2. The van der Waals surface area contributed by atoms with Crippen LogP contribution in [0.5, 0.6) is 5.75 Å². The van der Waals surface area contributed by atoms with Gasteiger partial charge in [-0.2, -0.15) is 9.69 Å². The third-order valence-corrected chi connectivity index (χ3v) is 6.23. The summed E-state index contributed by atoms with van der Waals surface area (Å²) in [7, 11) is 0. The first-order valence-corrected chi connectivity index (χ1v) is 10.5. The average Bonchev–Trinajstić information content (AvgIpc) is 3.29. The molecule has 0 radical (unpaired) electrons. The molecule has 13 heteroatoms. The molecule has 1 aromatic rings. The van der Waals surface area contributed by atoms with Gasteiger partial charge in [-0.25, -0.2) is 4.79 Å². The molecule has 3 unspecified atom stereocenters. The molecule has 0 aromatic heterocycles. The van der Waals surface area contributed by atoms with E-state index in [-0.39, 0.29) is 48.9 Å². The van der Waals surface area contributed by atoms with E-state index in [1.54, 1.807) is 13.0 Å². The monoisotopic (exact) mass is 506 g/mol. The molecular weight excluding hydrogens is 484 g/mol. The molecule has 0 spiro atoms. The first-order chi connectivity index (χ1) is 16.1. The number of aromatic hydroxyl groups is 1. The fourth-order valence-corrected chi connectivity index (χ4v) is 4.83. The van der Waals surface area contributed by atoms with Crippen LogP contribution >= 0.6 is 0 Å². The predicted octanol–water partition coefficient (Wildman–Crippen LogP) is -0.611. The number of amides is 2. The van der Waals surface area contributed by atoms with Crippen LogP contribution in [0.1, 0.15) is 30.1 Å². The van der Waals surface area contributed by atoms with Crippen molar-refractivity contribution in [3.05, 3.63) is 66.3 Å². The summed E-state index contributed by atoms with van der Waals surface area (Å²) in [4.78, 5) is 52.5. The normalized spacial score (nSPS) is 26.0. The van der Waals surface area contributed by atoms with Crippen LogP contribution in [0.15, 0.2) is 60.7 Å². The molecule has 35 heavy (non-hydrogen) atoms. The molecule has 1 saturated heterocycles. The van der Waals surface area contributed by atoms with Crippen LogP contribution < -0.4 is 12.4 Å². The number of aliphatic carboxylic acids is 1. The Morgan fingerprint density at radius 1 is 1.06 bits per heavy atom. The number of Topliss-reactive ketones (excluding diaryl/α,β-unsaturated/α-hetero) is 1. The van der Waals surface area contributed by atoms with Crippen LogP contribution in [0.2, 0.25) is 0 Å². The van der Waals surface area contributed by atoms with Crippen LogP contribution in [-0.4, -0.2) is 82.1 Å². The van der Waals surface area contributed by atoms with E-state index < -0.39 is 40.4 Å². The van der Waals surface area contributed by atoms with Crippen molar-refractivity contribution in [1.82, 2.24) is 14.8 Å². The Morgan fingerprint density at radius 3 is 2.26 bits per heavy atom. The Kier molecular flexibility index (Phi) is 6.55. The van der Waals surface area contributed by atoms with Crippen LogP contribution in [-0.2, 0) is 4.79 Å². The van der Waals surface area contributed by atoms with E-state index in [1.165, 1.54) is 58.7 Å². The molecule has 3 atom stereocenters. The lowest BCUT2D eigenvalue weighted by atomic mass is 9.91. The molecule has 12 nitrogen and oxygen atoms in total. The number of hydrogen-bond donors (Lipinski definition) is 4. The fraction of sp³-hybridized carbons (Fsp3) is 0.273. The summed E-state index contributed by atoms with van der Waals surface area (Å²) in [6, 6.07) is 5.33. The summed E-state index contributed by atoms with van der Waals surface area (Å²) < 4.78 is -0.969. The number of allylic oxidation sites excluding steroid dienone is 2. The fourth-order valence-electron chi connectivity index (χ4n) is 4.83. The van der Waals surface area contributed by atoms with Crippen molar-refractivity contribution < 1.29 is 56.6 Å². The molecule has 1 fully saturated rings. The molecule has 0 saturated carbocycles. The van der Waals surface area contributed by atoms with E-state index >= 15 is 0 Å². The van der Waals surface area contributed by atoms with Crippen molar-refractivity contribution >= 4 is 23.9 Å². The van der Waals surface area contributed by atoms with Crippen molar-refractivity contribution in [2.45, 2.75) is 31.6 Å². The van der Waals surface area contributed by atoms with Gasteiger partial charge in [-0.05, 0) is 36.4 Å². The van der Waals surface area contributed by atoms with Crippen molar-refractivity contribution in [2.24, 2.45) is 0 Å². The number of phenolic OH excluding ortho intramolecular Hbond substituents is 1. The second kappa shape index (κ2) is 8.96. The number of quaternary nitrogens is 1. The van der Waals surface area contributed by atoms with Gasteiger partial charge in [0, 0.05) is 24.7 Å². The SMILES string of the molecule is CCC1N(C(=O)O)C2=C[N+]1(C(=O)O)N2C1(C(=O)c2ccc(O)cc2)C=CC=CN1CCC(=O)O.[Cl-]. The van der Waals surface area contributed by atoms with E-state index in [0.717, 1.165) is 4.90 Å². The topological polar surface area (TPSA) is 159 Å². The molecule has 4 N–H and O–H groups in total. The summed E-state index contributed by atoms with van der Waals surface area (Å²) in [5.74, 6) is -1.81. The van der Waals surface area contributed by atoms with Gasteiger partial charge in [0.15, 0.2) is 6.20 Å². The molecule has 2 bridgehead atoms. The van der Waals surface area contributed by atoms with Gasteiger partial charge in [0.2, 0.25) is 23.4 Å². The van der Waals surface area contributed by atoms with Gasteiger partial charge in [0.05, 0.1) is 6.42 Å². The van der Waals surface area contributed by atoms with Crippen LogP contribution in [0.4, 0.5) is 9.59 Å². The number of carbonyl (C=O) groups excluding carboxylic acids is 1. The Morgan fingerprint density at radius 2 is 1.71 bits per heavy atom. The molecule has 5 rings (SSSR count). The number of carboxylic acids is 1. The van der Waals surface area contributed by atoms with E-state index in [4.69, 9.17) is 0 Å². The highest BCUT2D eigenvalue weighted by molar-refractivity contribution is 6.05. The number of phenols is 1. The maximum Gasteiger partial charge on any atom is 0.546 e. The summed E-state index contributed by atoms with van der Waals surface area (Å²) in [5.41, 5.74) is -1.77. The van der Waals surface area contributed by atoms with Crippen molar-refractivity contribution in [3.8, 4) is 5.75 Å². The van der Waals surface area contributed by atoms with Crippen LogP contribution in [0.3, 0.4) is 0 Å². The molecule has 1 aromatic carbocycles. The first kappa shape index (κ1) is 25.6. The Bertz CT molecular complexity index is 1170. The number of benzene rings is 1. The van der Waals surface area contributed by atoms with Gasteiger partial charge >= 0.3 is 18.2 Å². The van der Waals surface area contributed by atoms with Gasteiger partial charge in [-0.3, -0.25) is 9.59 Å². The highest BCUT2D eigenvalue weighted by Crippen LogP contribution is 2.54. The van der Waals surface area contributed by atoms with E-state index in [1.807, 2.05) is 0 Å². The predicted molar refractivity (Wildman–Crippen MR) is 115 cm³/mol. The third kappa shape index (κ3) is 3.49. The number of fused-ring (bicyclic) bond motifs is 1. The zero-order valence-electron chi connectivity index (χ0n) is 18.5. The summed E-state index contributed by atoms with van der Waals surface area (Å²) in [5, 5.41) is 40.3. The lowest BCUT2D eigenvalue weighted by molar-refractivity contribution is -0.959. The van der Waals surface area contributed by atoms with E-state index in [9.17, 15) is 39.6 Å². The average molecular weight is 507 g/mol. The van der Waals surface area contributed by atoms with E-state index in [0.29, 0.717) is 0 Å². The Hall–Kier alpha value is -4.03. The molecule has 0 aliphatic carbocycles. The van der Waals surface area contributed by atoms with Gasteiger partial charge in [0.1, 0.15) is 5.75 Å². The van der Waals surface area contributed by atoms with E-state index in [2.05, 4.69) is 0 Å². The van der Waals surface area contributed by atoms with Gasteiger partial charge in [-0.15, -0.1) is 5.01 Å². The number of carbonyl (C=O) groups is 4. The standard InChI is InChI=1S/C22H22N4O8.ClH/c1-2-17-24(20(31)32)16-13-26(17,21(33)34)25(16)22(19(30)14-5-7-15(27)8-6-14)10-3-4-11-23(22)12-9-18(28)29;/h3-8,10-11,13,17H,2,9,12H2,1H3,(H3-,27,28,29,30,31,32,33,34);1H. The maximum absolute atomic E-state index is 14.1. The molecule has 4 aliphatic heterocycles. The largest absolute Gasteiger partial charge is 1.00 e. The quantitative estimate of drug-likeness (QED) is 0.277. The summed E-state index contributed by atoms with van der Waals surface area (Å²) >= 11 is 0. The van der Waals surface area contributed by atoms with Gasteiger partial charge < -0.3 is 37.7 Å². The van der Waals surface area contributed by atoms with Crippen LogP contribution in [0.25, 0.3) is 0 Å². The smallest absolute Gasteiger partial charge is 0.546 e. The molecule has 4 heterocycles. The number of halogens is 1. The highest BCUT2D eigenvalue weighted by atomic mass is 35.5. The zero-order chi connectivity index (χ0) is 24.8. The lowest BCUT2D eigenvalue weighted by Gasteiger charge is -2.53. The minimum atomic E-state index is -1.89. The molecule has 2 amide bonds. The second-order valence-corrected chi connectivity index (χ2v) is 8.00. The number of rotatable bonds is 7.